The van der Waals surface area contributed by atoms with E-state index in [0.717, 1.165) is 0 Å². The molecule has 0 saturated heterocycles. The van der Waals surface area contributed by atoms with Crippen LogP contribution in [0.4, 0.5) is 0 Å². The van der Waals surface area contributed by atoms with Gasteiger partial charge in [0.25, 0.3) is 0 Å². The summed E-state index contributed by atoms with van der Waals surface area (Å²) in [5.41, 5.74) is 1.84. The van der Waals surface area contributed by atoms with Crippen molar-refractivity contribution in [3.8, 4) is 0 Å². The van der Waals surface area contributed by atoms with E-state index in [1.807, 2.05) is 0 Å². The highest BCUT2D eigenvalue weighted by molar-refractivity contribution is 6.33. The van der Waals surface area contributed by atoms with Gasteiger partial charge in [0.1, 0.15) is 0 Å². The third kappa shape index (κ3) is 2.58. The van der Waals surface area contributed by atoms with Crippen molar-refractivity contribution in [2.75, 3.05) is 7.11 Å². The number of hydrogen-bond acceptors (Lipinski definition) is 2. The Morgan fingerprint density at radius 2 is 2.20 bits per heavy atom. The van der Waals surface area contributed by atoms with E-state index < -0.39 is 11.3 Å². The van der Waals surface area contributed by atoms with Crippen LogP contribution in [0.25, 0.3) is 0 Å². The molecule has 0 aliphatic heterocycles. The van der Waals surface area contributed by atoms with Crippen molar-refractivity contribution >= 4 is 29.2 Å². The van der Waals surface area contributed by atoms with Crippen LogP contribution in [0.1, 0.15) is 6.92 Å². The van der Waals surface area contributed by atoms with Crippen LogP contribution in [-0.4, -0.2) is 18.5 Å². The second-order valence-electron chi connectivity index (χ2n) is 1.74. The second-order valence-corrected chi connectivity index (χ2v) is 2.39. The number of rotatable bonds is 2. The number of esters is 1. The molecule has 0 fully saturated rings. The van der Waals surface area contributed by atoms with E-state index in [1.165, 1.54) is 12.6 Å². The summed E-state index contributed by atoms with van der Waals surface area (Å²) in [5, 5.41) is -0.762. The van der Waals surface area contributed by atoms with Crippen molar-refractivity contribution in [1.29, 1.82) is 0 Å². The Morgan fingerprint density at radius 3 is 2.50 bits per heavy atom. The lowest BCUT2D eigenvalue weighted by Crippen LogP contribution is -2.16. The molecule has 4 heteroatoms. The van der Waals surface area contributed by atoms with Crippen LogP contribution in [0.2, 0.25) is 0 Å². The molecule has 0 amide bonds. The van der Waals surface area contributed by atoms with Gasteiger partial charge in [0, 0.05) is 5.54 Å². The number of alkyl halides is 1. The quantitative estimate of drug-likeness (QED) is 0.482. The molecule has 0 bridgehead atoms. The van der Waals surface area contributed by atoms with E-state index in [9.17, 15) is 4.79 Å². The molecule has 0 aromatic heterocycles. The fourth-order valence-electron chi connectivity index (χ4n) is 0.345. The van der Waals surface area contributed by atoms with Gasteiger partial charge >= 0.3 is 5.97 Å². The van der Waals surface area contributed by atoms with Crippen LogP contribution in [0.15, 0.2) is 11.1 Å². The molecule has 0 aromatic carbocycles. The van der Waals surface area contributed by atoms with Gasteiger partial charge in [-0.25, -0.2) is 0 Å². The van der Waals surface area contributed by atoms with Gasteiger partial charge in [-0.1, -0.05) is 11.6 Å². The molecule has 10 heavy (non-hydrogen) atoms. The van der Waals surface area contributed by atoms with Crippen molar-refractivity contribution in [3.05, 3.63) is 11.1 Å². The monoisotopic (exact) mass is 182 g/mol. The van der Waals surface area contributed by atoms with E-state index in [1.54, 1.807) is 6.92 Å². The fourth-order valence-corrected chi connectivity index (χ4v) is 0.687. The Labute approximate surface area is 69.8 Å². The van der Waals surface area contributed by atoms with E-state index in [2.05, 4.69) is 4.74 Å². The summed E-state index contributed by atoms with van der Waals surface area (Å²) in [5.74, 6) is -0.490. The van der Waals surface area contributed by atoms with E-state index in [-0.39, 0.29) is 0 Å². The summed E-state index contributed by atoms with van der Waals surface area (Å²) in [4.78, 5) is 10.7. The molecule has 0 aromatic rings. The molecule has 0 spiro atoms. The first-order chi connectivity index (χ1) is 4.63. The smallest absolute Gasteiger partial charge is 0.328 e. The van der Waals surface area contributed by atoms with E-state index >= 15 is 0 Å². The van der Waals surface area contributed by atoms with Gasteiger partial charge in [0.15, 0.2) is 5.38 Å². The van der Waals surface area contributed by atoms with Crippen molar-refractivity contribution in [2.45, 2.75) is 12.3 Å². The predicted molar refractivity (Wildman–Crippen MR) is 41.3 cm³/mol. The molecule has 0 rings (SSSR count). The summed E-state index contributed by atoms with van der Waals surface area (Å²) in [6.45, 7) is 1.65. The van der Waals surface area contributed by atoms with Crippen LogP contribution in [-0.2, 0) is 9.53 Å². The highest BCUT2D eigenvalue weighted by Crippen LogP contribution is 2.11. The van der Waals surface area contributed by atoms with Crippen LogP contribution >= 0.6 is 23.2 Å². The molecule has 0 heterocycles. The van der Waals surface area contributed by atoms with Crippen molar-refractivity contribution in [1.82, 2.24) is 0 Å². The standard InChI is InChI=1S/C6H8Cl2O2/c1-4(3-7)5(8)6(9)10-2/h3,5H,1-2H3/b4-3+. The Morgan fingerprint density at radius 1 is 1.70 bits per heavy atom. The van der Waals surface area contributed by atoms with Crippen LogP contribution < -0.4 is 0 Å². The van der Waals surface area contributed by atoms with Crippen LogP contribution in [0, 0.1) is 0 Å². The summed E-state index contributed by atoms with van der Waals surface area (Å²) in [6, 6.07) is 0. The molecule has 0 aliphatic carbocycles. The maximum absolute atomic E-state index is 10.7. The van der Waals surface area contributed by atoms with Gasteiger partial charge in [-0.05, 0) is 12.5 Å². The Bertz CT molecular complexity index is 154. The van der Waals surface area contributed by atoms with Gasteiger partial charge < -0.3 is 4.74 Å². The largest absolute Gasteiger partial charge is 0.468 e. The van der Waals surface area contributed by atoms with Gasteiger partial charge in [-0.3, -0.25) is 4.79 Å². The van der Waals surface area contributed by atoms with Gasteiger partial charge in [0.2, 0.25) is 0 Å². The highest BCUT2D eigenvalue weighted by Gasteiger charge is 2.16. The number of ether oxygens (including phenoxy) is 1. The number of carbonyl (C=O) groups is 1. The second kappa shape index (κ2) is 4.58. The first kappa shape index (κ1) is 9.79. The van der Waals surface area contributed by atoms with E-state index in [4.69, 9.17) is 23.2 Å². The zero-order valence-corrected chi connectivity index (χ0v) is 7.24. The number of carbonyl (C=O) groups excluding carboxylic acids is 1. The molecule has 1 atom stereocenters. The molecule has 0 aliphatic rings. The van der Waals surface area contributed by atoms with Gasteiger partial charge in [0.05, 0.1) is 7.11 Å². The Balaban J connectivity index is 4.08. The first-order valence-corrected chi connectivity index (χ1v) is 3.49. The average Bonchev–Trinajstić information content (AvgIpc) is 2.00. The minimum Gasteiger partial charge on any atom is -0.468 e. The lowest BCUT2D eigenvalue weighted by atomic mass is 10.2. The minimum atomic E-state index is -0.762. The van der Waals surface area contributed by atoms with Crippen molar-refractivity contribution in [2.24, 2.45) is 0 Å². The lowest BCUT2D eigenvalue weighted by Gasteiger charge is -2.04. The van der Waals surface area contributed by atoms with Crippen LogP contribution in [0.5, 0.6) is 0 Å². The Hall–Kier alpha value is -0.210. The zero-order valence-electron chi connectivity index (χ0n) is 5.73. The van der Waals surface area contributed by atoms with Crippen molar-refractivity contribution in [3.63, 3.8) is 0 Å². The van der Waals surface area contributed by atoms with E-state index in [0.29, 0.717) is 5.57 Å². The summed E-state index contributed by atoms with van der Waals surface area (Å²) in [6.07, 6.45) is 0. The first-order valence-electron chi connectivity index (χ1n) is 2.62. The minimum absolute atomic E-state index is 0.490. The molecular formula is C6H8Cl2O2. The third-order valence-electron chi connectivity index (χ3n) is 0.980. The normalized spacial score (nSPS) is 14.6. The maximum Gasteiger partial charge on any atom is 0.328 e. The molecule has 0 radical (unpaired) electrons. The lowest BCUT2D eigenvalue weighted by molar-refractivity contribution is -0.139. The van der Waals surface area contributed by atoms with Gasteiger partial charge in [-0.15, -0.1) is 11.6 Å². The number of methoxy groups -OCH3 is 1. The van der Waals surface area contributed by atoms with Crippen molar-refractivity contribution < 1.29 is 9.53 Å². The van der Waals surface area contributed by atoms with Gasteiger partial charge in [-0.2, -0.15) is 0 Å². The topological polar surface area (TPSA) is 26.3 Å². The summed E-state index contributed by atoms with van der Waals surface area (Å²) >= 11 is 10.8. The van der Waals surface area contributed by atoms with Crippen LogP contribution in [0.3, 0.4) is 0 Å². The number of hydrogen-bond donors (Lipinski definition) is 0. The molecule has 0 saturated carbocycles. The zero-order chi connectivity index (χ0) is 8.15. The summed E-state index contributed by atoms with van der Waals surface area (Å²) in [7, 11) is 1.28. The molecule has 2 nitrogen and oxygen atoms in total. The molecule has 0 N–H and O–H groups in total. The third-order valence-corrected chi connectivity index (χ3v) is 1.85. The molecule has 1 unspecified atom stereocenters. The predicted octanol–water partition coefficient (Wildman–Crippen LogP) is 1.91. The molecule has 58 valence electrons. The summed E-state index contributed by atoms with van der Waals surface area (Å²) < 4.78 is 4.36. The maximum atomic E-state index is 10.7. The Kier molecular flexibility index (Phi) is 4.49. The SMILES string of the molecule is COC(=O)C(Cl)/C(C)=C/Cl. The average molecular weight is 183 g/mol. The highest BCUT2D eigenvalue weighted by atomic mass is 35.5. The number of halogens is 2. The fraction of sp³-hybridized carbons (Fsp3) is 0.500. The molecular weight excluding hydrogens is 175 g/mol.